The van der Waals surface area contributed by atoms with E-state index in [4.69, 9.17) is 4.74 Å². The third-order valence-electron chi connectivity index (χ3n) is 13.8. The SMILES string of the molecule is CCCCC/C=C/C=C/CCCCCCC(CC(=O)NC(CO)C(O)CCCCCCCCCCCCCCCCCC)OC(=O)CCCCCCCCCCCCCCCCCCCC. The molecular weight excluding hydrogens is 815 g/mol. The maximum Gasteiger partial charge on any atom is 0.306 e. The van der Waals surface area contributed by atoms with Crippen molar-refractivity contribution in [3.63, 3.8) is 0 Å². The number of carbonyl (C=O) groups is 2. The molecule has 0 saturated carbocycles. The molecule has 3 N–H and O–H groups in total. The maximum atomic E-state index is 13.3. The highest BCUT2D eigenvalue weighted by molar-refractivity contribution is 5.77. The van der Waals surface area contributed by atoms with Crippen molar-refractivity contribution >= 4 is 11.9 Å². The summed E-state index contributed by atoms with van der Waals surface area (Å²) in [6.45, 7) is 6.49. The van der Waals surface area contributed by atoms with Crippen LogP contribution in [0.15, 0.2) is 24.3 Å². The van der Waals surface area contributed by atoms with Gasteiger partial charge in [0.1, 0.15) is 6.10 Å². The lowest BCUT2D eigenvalue weighted by molar-refractivity contribution is -0.151. The van der Waals surface area contributed by atoms with Crippen LogP contribution in [0.2, 0.25) is 0 Å². The molecule has 0 aliphatic heterocycles. The van der Waals surface area contributed by atoms with E-state index < -0.39 is 18.2 Å². The van der Waals surface area contributed by atoms with E-state index >= 15 is 0 Å². The maximum absolute atomic E-state index is 13.3. The van der Waals surface area contributed by atoms with Crippen molar-refractivity contribution in [1.82, 2.24) is 5.32 Å². The second kappa shape index (κ2) is 54.3. The number of hydrogen-bond donors (Lipinski definition) is 3. The summed E-state index contributed by atoms with van der Waals surface area (Å²) < 4.78 is 5.96. The van der Waals surface area contributed by atoms with Crippen molar-refractivity contribution in [2.45, 2.75) is 341 Å². The lowest BCUT2D eigenvalue weighted by Gasteiger charge is -2.24. The molecule has 66 heavy (non-hydrogen) atoms. The first-order valence-corrected chi connectivity index (χ1v) is 29.6. The van der Waals surface area contributed by atoms with E-state index in [1.54, 1.807) is 0 Å². The van der Waals surface area contributed by atoms with Crippen LogP contribution in [-0.4, -0.2) is 46.9 Å². The van der Waals surface area contributed by atoms with Gasteiger partial charge in [0.15, 0.2) is 0 Å². The molecule has 3 unspecified atom stereocenters. The Bertz CT molecular complexity index is 1040. The van der Waals surface area contributed by atoms with Gasteiger partial charge < -0.3 is 20.3 Å². The highest BCUT2D eigenvalue weighted by Gasteiger charge is 2.24. The molecule has 0 saturated heterocycles. The average molecular weight is 931 g/mol. The molecule has 390 valence electrons. The van der Waals surface area contributed by atoms with Crippen molar-refractivity contribution in [2.75, 3.05) is 6.61 Å². The third kappa shape index (κ3) is 48.8. The fraction of sp³-hybridized carbons (Fsp3) is 0.900. The van der Waals surface area contributed by atoms with Crippen LogP contribution in [-0.2, 0) is 14.3 Å². The fourth-order valence-corrected chi connectivity index (χ4v) is 9.31. The topological polar surface area (TPSA) is 95.9 Å². The summed E-state index contributed by atoms with van der Waals surface area (Å²) in [4.78, 5) is 26.3. The molecular formula is C60H115NO5. The molecule has 0 aliphatic rings. The first-order chi connectivity index (χ1) is 32.5. The van der Waals surface area contributed by atoms with Crippen molar-refractivity contribution < 1.29 is 24.5 Å². The Morgan fingerprint density at radius 1 is 0.439 bits per heavy atom. The number of nitrogens with one attached hydrogen (secondary N) is 1. The number of amides is 1. The number of aliphatic hydroxyl groups excluding tert-OH is 2. The van der Waals surface area contributed by atoms with Gasteiger partial charge in [-0.05, 0) is 51.4 Å². The van der Waals surface area contributed by atoms with Crippen molar-refractivity contribution in [2.24, 2.45) is 0 Å². The number of ether oxygens (including phenoxy) is 1. The quantitative estimate of drug-likeness (QED) is 0.0321. The predicted octanol–water partition coefficient (Wildman–Crippen LogP) is 18.2. The van der Waals surface area contributed by atoms with E-state index in [-0.39, 0.29) is 24.9 Å². The standard InChI is InChI=1S/C60H115NO5/c1-4-7-10-13-16-19-22-25-27-29-30-32-35-38-41-44-47-50-53-60(65)66-56(51-48-45-42-39-36-33-24-21-18-15-12-9-6-3)54-59(64)61-57(55-62)58(63)52-49-46-43-40-37-34-31-28-26-23-20-17-14-11-8-5-2/h18,21,24,33,56-58,62-63H,4-17,19-20,22-23,25-32,34-55H2,1-3H3,(H,61,64)/b21-18+,33-24+. The van der Waals surface area contributed by atoms with Gasteiger partial charge in [-0.3, -0.25) is 9.59 Å². The van der Waals surface area contributed by atoms with Crippen molar-refractivity contribution in [1.29, 1.82) is 0 Å². The molecule has 0 rings (SSSR count). The number of aliphatic hydroxyl groups is 2. The summed E-state index contributed by atoms with van der Waals surface area (Å²) in [6, 6.07) is -0.704. The van der Waals surface area contributed by atoms with Gasteiger partial charge in [0, 0.05) is 6.42 Å². The van der Waals surface area contributed by atoms with Crippen molar-refractivity contribution in [3.8, 4) is 0 Å². The van der Waals surface area contributed by atoms with E-state index in [9.17, 15) is 19.8 Å². The van der Waals surface area contributed by atoms with Crippen LogP contribution < -0.4 is 5.32 Å². The summed E-state index contributed by atoms with van der Waals surface area (Å²) in [5.41, 5.74) is 0. The predicted molar refractivity (Wildman–Crippen MR) is 287 cm³/mol. The van der Waals surface area contributed by atoms with E-state index in [2.05, 4.69) is 50.4 Å². The minimum absolute atomic E-state index is 0.0699. The van der Waals surface area contributed by atoms with Crippen LogP contribution in [0.3, 0.4) is 0 Å². The first kappa shape index (κ1) is 64.3. The molecule has 0 radical (unpaired) electrons. The average Bonchev–Trinajstić information content (AvgIpc) is 3.31. The van der Waals surface area contributed by atoms with Gasteiger partial charge in [-0.15, -0.1) is 0 Å². The van der Waals surface area contributed by atoms with E-state index in [0.717, 1.165) is 70.6 Å². The molecule has 0 aromatic carbocycles. The zero-order valence-corrected chi connectivity index (χ0v) is 44.6. The molecule has 0 aliphatic carbocycles. The Morgan fingerprint density at radius 2 is 0.758 bits per heavy atom. The normalized spacial score (nSPS) is 13.2. The van der Waals surface area contributed by atoms with Crippen LogP contribution in [0.4, 0.5) is 0 Å². The molecule has 0 spiro atoms. The highest BCUT2D eigenvalue weighted by atomic mass is 16.5. The molecule has 0 aromatic heterocycles. The molecule has 6 heteroatoms. The van der Waals surface area contributed by atoms with Gasteiger partial charge in [0.2, 0.25) is 5.91 Å². The van der Waals surface area contributed by atoms with Crippen LogP contribution in [0.25, 0.3) is 0 Å². The first-order valence-electron chi connectivity index (χ1n) is 29.6. The highest BCUT2D eigenvalue weighted by Crippen LogP contribution is 2.19. The second-order valence-corrected chi connectivity index (χ2v) is 20.4. The van der Waals surface area contributed by atoms with Crippen LogP contribution in [0.1, 0.15) is 323 Å². The Morgan fingerprint density at radius 3 is 1.15 bits per heavy atom. The Kier molecular flexibility index (Phi) is 52.9. The zero-order valence-electron chi connectivity index (χ0n) is 44.6. The molecule has 1 amide bonds. The van der Waals surface area contributed by atoms with Gasteiger partial charge in [-0.1, -0.05) is 283 Å². The minimum atomic E-state index is -0.790. The zero-order chi connectivity index (χ0) is 48.1. The Balaban J connectivity index is 4.48. The number of carbonyl (C=O) groups excluding carboxylic acids is 2. The molecule has 0 aromatic rings. The van der Waals surface area contributed by atoms with E-state index in [0.29, 0.717) is 19.3 Å². The summed E-state index contributed by atoms with van der Waals surface area (Å²) >= 11 is 0. The third-order valence-corrected chi connectivity index (χ3v) is 13.8. The number of hydrogen-bond acceptors (Lipinski definition) is 5. The Labute approximate surface area is 411 Å². The molecule has 0 heterocycles. The molecule has 3 atom stereocenters. The van der Waals surface area contributed by atoms with Gasteiger partial charge >= 0.3 is 5.97 Å². The lowest BCUT2D eigenvalue weighted by atomic mass is 10.0. The van der Waals surface area contributed by atoms with Crippen LogP contribution >= 0.6 is 0 Å². The van der Waals surface area contributed by atoms with Gasteiger partial charge in [0.25, 0.3) is 0 Å². The number of unbranched alkanes of at least 4 members (excludes halogenated alkanes) is 39. The Hall–Kier alpha value is -1.66. The second-order valence-electron chi connectivity index (χ2n) is 20.4. The number of esters is 1. The monoisotopic (exact) mass is 930 g/mol. The lowest BCUT2D eigenvalue weighted by Crippen LogP contribution is -2.46. The van der Waals surface area contributed by atoms with E-state index in [1.807, 2.05) is 0 Å². The smallest absolute Gasteiger partial charge is 0.306 e. The van der Waals surface area contributed by atoms with E-state index in [1.165, 1.54) is 205 Å². The van der Waals surface area contributed by atoms with Crippen molar-refractivity contribution in [3.05, 3.63) is 24.3 Å². The minimum Gasteiger partial charge on any atom is -0.462 e. The van der Waals surface area contributed by atoms with Gasteiger partial charge in [-0.2, -0.15) is 0 Å². The summed E-state index contributed by atoms with van der Waals surface area (Å²) in [5, 5.41) is 23.9. The molecule has 0 fully saturated rings. The summed E-state index contributed by atoms with van der Waals surface area (Å²) in [7, 11) is 0. The summed E-state index contributed by atoms with van der Waals surface area (Å²) in [5.74, 6) is -0.474. The van der Waals surface area contributed by atoms with Gasteiger partial charge in [0.05, 0.1) is 25.2 Å². The number of allylic oxidation sites excluding steroid dienone is 4. The van der Waals surface area contributed by atoms with Gasteiger partial charge in [-0.25, -0.2) is 0 Å². The molecule has 6 nitrogen and oxygen atoms in total. The van der Waals surface area contributed by atoms with Crippen LogP contribution in [0, 0.1) is 0 Å². The largest absolute Gasteiger partial charge is 0.462 e. The van der Waals surface area contributed by atoms with Crippen LogP contribution in [0.5, 0.6) is 0 Å². The summed E-state index contributed by atoms with van der Waals surface area (Å²) in [6.07, 6.45) is 63.9. The fourth-order valence-electron chi connectivity index (χ4n) is 9.31. The molecule has 0 bridgehead atoms. The number of rotatable bonds is 54.